The van der Waals surface area contributed by atoms with Gasteiger partial charge in [-0.3, -0.25) is 0 Å². The summed E-state index contributed by atoms with van der Waals surface area (Å²) >= 11 is 0. The van der Waals surface area contributed by atoms with Crippen LogP contribution in [0.3, 0.4) is 0 Å². The third kappa shape index (κ3) is 4.21. The second-order valence-electron chi connectivity index (χ2n) is 6.30. The Morgan fingerprint density at radius 1 is 1.29 bits per heavy atom. The summed E-state index contributed by atoms with van der Waals surface area (Å²) in [6, 6.07) is 7.93. The number of rotatable bonds is 3. The molecular formula is C17H26N2O2. The van der Waals surface area contributed by atoms with Crippen molar-refractivity contribution in [3.63, 3.8) is 0 Å². The highest BCUT2D eigenvalue weighted by Gasteiger charge is 2.26. The van der Waals surface area contributed by atoms with Gasteiger partial charge in [0.05, 0.1) is 6.10 Å². The monoisotopic (exact) mass is 290 g/mol. The number of nitrogens with zero attached hydrogens (tertiary/aromatic N) is 1. The standard InChI is InChI=1S/C17H26N2O2/c1-12(2)14-6-8-16(9-7-14)18-17(21)19-10-4-5-15(11-19)13(3)20/h6-9,12-13,15,20H,4-5,10-11H2,1-3H3,(H,18,21). The molecule has 0 aromatic heterocycles. The maximum atomic E-state index is 12.3. The summed E-state index contributed by atoms with van der Waals surface area (Å²) < 4.78 is 0. The number of aliphatic hydroxyl groups is 1. The third-order valence-electron chi connectivity index (χ3n) is 4.26. The van der Waals surface area contributed by atoms with Gasteiger partial charge in [-0.2, -0.15) is 0 Å². The molecule has 21 heavy (non-hydrogen) atoms. The largest absolute Gasteiger partial charge is 0.393 e. The van der Waals surface area contributed by atoms with Crippen LogP contribution in [0.2, 0.25) is 0 Å². The smallest absolute Gasteiger partial charge is 0.321 e. The highest BCUT2D eigenvalue weighted by molar-refractivity contribution is 5.89. The molecule has 2 N–H and O–H groups in total. The molecule has 1 aliphatic rings. The van der Waals surface area contributed by atoms with E-state index in [9.17, 15) is 9.90 Å². The maximum Gasteiger partial charge on any atom is 0.321 e. The van der Waals surface area contributed by atoms with Crippen molar-refractivity contribution in [3.05, 3.63) is 29.8 Å². The van der Waals surface area contributed by atoms with E-state index in [0.717, 1.165) is 25.1 Å². The van der Waals surface area contributed by atoms with Gasteiger partial charge in [-0.25, -0.2) is 4.79 Å². The van der Waals surface area contributed by atoms with Gasteiger partial charge in [-0.05, 0) is 43.4 Å². The molecular weight excluding hydrogens is 264 g/mol. The molecule has 4 heteroatoms. The highest BCUT2D eigenvalue weighted by atomic mass is 16.3. The van der Waals surface area contributed by atoms with Crippen LogP contribution in [0.5, 0.6) is 0 Å². The van der Waals surface area contributed by atoms with Crippen molar-refractivity contribution in [2.45, 2.75) is 45.6 Å². The summed E-state index contributed by atoms with van der Waals surface area (Å²) in [6.45, 7) is 7.50. The average Bonchev–Trinajstić information content (AvgIpc) is 2.48. The first-order chi connectivity index (χ1) is 9.97. The Balaban J connectivity index is 1.94. The minimum absolute atomic E-state index is 0.0716. The number of nitrogens with one attached hydrogen (secondary N) is 1. The van der Waals surface area contributed by atoms with Gasteiger partial charge in [0.2, 0.25) is 0 Å². The van der Waals surface area contributed by atoms with Crippen LogP contribution in [0.25, 0.3) is 0 Å². The van der Waals surface area contributed by atoms with Crippen molar-refractivity contribution in [2.75, 3.05) is 18.4 Å². The van der Waals surface area contributed by atoms with Crippen molar-refractivity contribution < 1.29 is 9.90 Å². The molecule has 0 spiro atoms. The molecule has 1 aromatic carbocycles. The van der Waals surface area contributed by atoms with Crippen LogP contribution >= 0.6 is 0 Å². The molecule has 4 nitrogen and oxygen atoms in total. The predicted octanol–water partition coefficient (Wildman–Crippen LogP) is 3.43. The van der Waals surface area contributed by atoms with Crippen molar-refractivity contribution in [1.82, 2.24) is 4.90 Å². The van der Waals surface area contributed by atoms with Crippen LogP contribution < -0.4 is 5.32 Å². The highest BCUT2D eigenvalue weighted by Crippen LogP contribution is 2.21. The molecule has 1 aliphatic heterocycles. The van der Waals surface area contributed by atoms with E-state index in [1.54, 1.807) is 11.8 Å². The number of urea groups is 1. The van der Waals surface area contributed by atoms with Gasteiger partial charge in [0, 0.05) is 24.7 Å². The Morgan fingerprint density at radius 3 is 2.52 bits per heavy atom. The maximum absolute atomic E-state index is 12.3. The molecule has 2 amide bonds. The summed E-state index contributed by atoms with van der Waals surface area (Å²) in [7, 11) is 0. The van der Waals surface area contributed by atoms with Crippen molar-refractivity contribution in [2.24, 2.45) is 5.92 Å². The SMILES string of the molecule is CC(C)c1ccc(NC(=O)N2CCCC(C(C)O)C2)cc1. The molecule has 2 atom stereocenters. The Bertz CT molecular complexity index is 468. The number of carbonyl (C=O) groups is 1. The quantitative estimate of drug-likeness (QED) is 0.896. The van der Waals surface area contributed by atoms with Gasteiger partial charge < -0.3 is 15.3 Å². The minimum atomic E-state index is -0.356. The van der Waals surface area contributed by atoms with E-state index in [-0.39, 0.29) is 18.1 Å². The van der Waals surface area contributed by atoms with E-state index in [2.05, 4.69) is 31.3 Å². The van der Waals surface area contributed by atoms with E-state index in [0.29, 0.717) is 12.5 Å². The molecule has 116 valence electrons. The lowest BCUT2D eigenvalue weighted by Crippen LogP contribution is -2.44. The fourth-order valence-electron chi connectivity index (χ4n) is 2.74. The van der Waals surface area contributed by atoms with E-state index in [4.69, 9.17) is 0 Å². The second kappa shape index (κ2) is 6.94. The summed E-state index contributed by atoms with van der Waals surface area (Å²) in [6.07, 6.45) is 1.59. The third-order valence-corrected chi connectivity index (χ3v) is 4.26. The van der Waals surface area contributed by atoms with Crippen LogP contribution in [0.15, 0.2) is 24.3 Å². The fourth-order valence-corrected chi connectivity index (χ4v) is 2.74. The van der Waals surface area contributed by atoms with E-state index >= 15 is 0 Å². The van der Waals surface area contributed by atoms with Crippen molar-refractivity contribution in [1.29, 1.82) is 0 Å². The molecule has 1 aromatic rings. The van der Waals surface area contributed by atoms with Gasteiger partial charge in [-0.15, -0.1) is 0 Å². The summed E-state index contributed by atoms with van der Waals surface area (Å²) in [4.78, 5) is 14.1. The Labute approximate surface area is 127 Å². The van der Waals surface area contributed by atoms with Crippen LogP contribution in [0, 0.1) is 5.92 Å². The lowest BCUT2D eigenvalue weighted by Gasteiger charge is -2.34. The Morgan fingerprint density at radius 2 is 1.95 bits per heavy atom. The molecule has 0 bridgehead atoms. The van der Waals surface area contributed by atoms with Crippen LogP contribution in [0.1, 0.15) is 45.1 Å². The van der Waals surface area contributed by atoms with E-state index < -0.39 is 0 Å². The van der Waals surface area contributed by atoms with Crippen LogP contribution in [-0.4, -0.2) is 35.2 Å². The van der Waals surface area contributed by atoms with Gasteiger partial charge in [0.25, 0.3) is 0 Å². The number of likely N-dealkylation sites (tertiary alicyclic amines) is 1. The molecule has 0 aliphatic carbocycles. The number of carbonyl (C=O) groups excluding carboxylic acids is 1. The minimum Gasteiger partial charge on any atom is -0.393 e. The fraction of sp³-hybridized carbons (Fsp3) is 0.588. The molecule has 2 rings (SSSR count). The average molecular weight is 290 g/mol. The van der Waals surface area contributed by atoms with Crippen LogP contribution in [-0.2, 0) is 0 Å². The Hall–Kier alpha value is -1.55. The number of amides is 2. The molecule has 0 radical (unpaired) electrons. The number of anilines is 1. The zero-order valence-corrected chi connectivity index (χ0v) is 13.2. The van der Waals surface area contributed by atoms with E-state index in [1.165, 1.54) is 5.56 Å². The molecule has 2 unspecified atom stereocenters. The van der Waals surface area contributed by atoms with Crippen LogP contribution in [0.4, 0.5) is 10.5 Å². The van der Waals surface area contributed by atoms with E-state index in [1.807, 2.05) is 12.1 Å². The molecule has 1 heterocycles. The van der Waals surface area contributed by atoms with Gasteiger partial charge in [0.15, 0.2) is 0 Å². The topological polar surface area (TPSA) is 52.6 Å². The number of hydrogen-bond acceptors (Lipinski definition) is 2. The predicted molar refractivity (Wildman–Crippen MR) is 85.5 cm³/mol. The molecule has 1 fully saturated rings. The van der Waals surface area contributed by atoms with Crippen molar-refractivity contribution >= 4 is 11.7 Å². The van der Waals surface area contributed by atoms with Gasteiger partial charge in [0.1, 0.15) is 0 Å². The molecule has 1 saturated heterocycles. The second-order valence-corrected chi connectivity index (χ2v) is 6.30. The van der Waals surface area contributed by atoms with Gasteiger partial charge >= 0.3 is 6.03 Å². The normalized spacial score (nSPS) is 20.4. The lowest BCUT2D eigenvalue weighted by atomic mass is 9.94. The summed E-state index contributed by atoms with van der Waals surface area (Å²) in [5, 5.41) is 12.6. The lowest BCUT2D eigenvalue weighted by molar-refractivity contribution is 0.0766. The number of hydrogen-bond donors (Lipinski definition) is 2. The number of piperidine rings is 1. The zero-order valence-electron chi connectivity index (χ0n) is 13.2. The molecule has 0 saturated carbocycles. The first-order valence-corrected chi connectivity index (χ1v) is 7.81. The first kappa shape index (κ1) is 15.8. The summed E-state index contributed by atoms with van der Waals surface area (Å²) in [5.41, 5.74) is 2.09. The number of benzene rings is 1. The number of aliphatic hydroxyl groups excluding tert-OH is 1. The zero-order chi connectivity index (χ0) is 15.4. The Kier molecular flexibility index (Phi) is 5.23. The summed E-state index contributed by atoms with van der Waals surface area (Å²) in [5.74, 6) is 0.677. The first-order valence-electron chi connectivity index (χ1n) is 7.81. The van der Waals surface area contributed by atoms with Gasteiger partial charge in [-0.1, -0.05) is 26.0 Å². The van der Waals surface area contributed by atoms with Crippen molar-refractivity contribution in [3.8, 4) is 0 Å².